The van der Waals surface area contributed by atoms with Crippen molar-refractivity contribution in [3.63, 3.8) is 0 Å². The van der Waals surface area contributed by atoms with Crippen molar-refractivity contribution in [1.82, 2.24) is 9.97 Å². The summed E-state index contributed by atoms with van der Waals surface area (Å²) in [5.74, 6) is 0.677. The Morgan fingerprint density at radius 2 is 0.867 bits per heavy atom. The quantitative estimate of drug-likeness (QED) is 0.208. The van der Waals surface area contributed by atoms with Crippen LogP contribution in [0, 0.1) is 11.3 Å². The number of fused-ring (bicyclic) bond motifs is 12. The Kier molecular flexibility index (Phi) is 5.48. The zero-order valence-corrected chi connectivity index (χ0v) is 24.3. The highest BCUT2D eigenvalue weighted by Crippen LogP contribution is 2.61. The summed E-state index contributed by atoms with van der Waals surface area (Å²) in [6.45, 7) is 0. The van der Waals surface area contributed by atoms with Crippen molar-refractivity contribution in [1.29, 1.82) is 5.26 Å². The predicted octanol–water partition coefficient (Wildman–Crippen LogP) is 9.69. The van der Waals surface area contributed by atoms with E-state index in [2.05, 4.69) is 121 Å². The first-order valence-corrected chi connectivity index (χ1v) is 15.1. The fraction of sp³-hybridized carbons (Fsp3) is 0.0238. The Hall–Kier alpha value is -6.11. The lowest BCUT2D eigenvalue weighted by Gasteiger charge is -2.35. The van der Waals surface area contributed by atoms with E-state index in [1.807, 2.05) is 36.7 Å². The molecule has 0 fully saturated rings. The van der Waals surface area contributed by atoms with Crippen molar-refractivity contribution < 1.29 is 0 Å². The van der Waals surface area contributed by atoms with Crippen LogP contribution in [0.1, 0.15) is 27.8 Å². The summed E-state index contributed by atoms with van der Waals surface area (Å²) < 4.78 is 0. The smallest absolute Gasteiger partial charge is 0.159 e. The van der Waals surface area contributed by atoms with Crippen LogP contribution in [0.15, 0.2) is 152 Å². The average Bonchev–Trinajstić information content (AvgIpc) is 3.37. The van der Waals surface area contributed by atoms with E-state index in [0.717, 1.165) is 16.7 Å². The molecule has 0 aliphatic heterocycles. The first-order chi connectivity index (χ1) is 22.3. The molecule has 0 atom stereocenters. The number of hydrogen-bond acceptors (Lipinski definition) is 3. The van der Waals surface area contributed by atoms with E-state index in [4.69, 9.17) is 9.97 Å². The molecular weight excluding hydrogens is 546 g/mol. The molecule has 0 saturated heterocycles. The van der Waals surface area contributed by atoms with Crippen molar-refractivity contribution in [3.8, 4) is 62.0 Å². The largest absolute Gasteiger partial charge is 0.236 e. The van der Waals surface area contributed by atoms with Gasteiger partial charge in [0.2, 0.25) is 0 Å². The lowest BCUT2D eigenvalue weighted by Crippen LogP contribution is -2.29. The molecule has 9 rings (SSSR count). The Labute approximate surface area is 261 Å². The Bertz CT molecular complexity index is 2280. The van der Waals surface area contributed by atoms with Gasteiger partial charge in [-0.2, -0.15) is 5.26 Å². The molecule has 0 N–H and O–H groups in total. The maximum Gasteiger partial charge on any atom is 0.159 e. The second-order valence-corrected chi connectivity index (χ2v) is 11.7. The highest BCUT2D eigenvalue weighted by molar-refractivity contribution is 5.97. The standard InChI is InChI=1S/C42H25N3/c43-24-27-17-19-28(20-18-27)30-25-44-41(45-26-30)29-21-22-36-32-10-2-1-9-31(32)33-11-3-6-14-37(33)42(40(36)23-29)38-15-7-4-12-34(38)35-13-5-8-16-39(35)42/h1-23,25-26H. The van der Waals surface area contributed by atoms with Gasteiger partial charge in [-0.15, -0.1) is 0 Å². The van der Waals surface area contributed by atoms with Gasteiger partial charge in [0.25, 0.3) is 0 Å². The molecule has 1 aromatic heterocycles. The number of aromatic nitrogens is 2. The predicted molar refractivity (Wildman–Crippen MR) is 179 cm³/mol. The van der Waals surface area contributed by atoms with Gasteiger partial charge in [-0.05, 0) is 79.4 Å². The van der Waals surface area contributed by atoms with Crippen LogP contribution in [0.5, 0.6) is 0 Å². The topological polar surface area (TPSA) is 49.6 Å². The second kappa shape index (κ2) is 9.71. The van der Waals surface area contributed by atoms with Crippen molar-refractivity contribution >= 4 is 0 Å². The van der Waals surface area contributed by atoms with Crippen molar-refractivity contribution in [2.24, 2.45) is 0 Å². The normalized spacial score (nSPS) is 13.0. The fourth-order valence-corrected chi connectivity index (χ4v) is 7.55. The Balaban J connectivity index is 1.33. The van der Waals surface area contributed by atoms with Gasteiger partial charge in [-0.1, -0.05) is 121 Å². The summed E-state index contributed by atoms with van der Waals surface area (Å²) >= 11 is 0. The fourth-order valence-electron chi connectivity index (χ4n) is 7.55. The van der Waals surface area contributed by atoms with Crippen LogP contribution in [0.4, 0.5) is 0 Å². The van der Waals surface area contributed by atoms with E-state index in [0.29, 0.717) is 11.4 Å². The summed E-state index contributed by atoms with van der Waals surface area (Å²) in [5, 5.41) is 9.18. The lowest BCUT2D eigenvalue weighted by molar-refractivity contribution is 0.775. The lowest BCUT2D eigenvalue weighted by atomic mass is 9.65. The molecule has 0 unspecified atom stereocenters. The summed E-state index contributed by atoms with van der Waals surface area (Å²) in [6, 6.07) is 51.9. The highest BCUT2D eigenvalue weighted by Gasteiger charge is 2.49. The van der Waals surface area contributed by atoms with E-state index in [-0.39, 0.29) is 0 Å². The Morgan fingerprint density at radius 3 is 1.40 bits per heavy atom. The molecule has 0 amide bonds. The van der Waals surface area contributed by atoms with E-state index in [1.165, 1.54) is 55.6 Å². The van der Waals surface area contributed by atoms with Gasteiger partial charge in [0.1, 0.15) is 0 Å². The van der Waals surface area contributed by atoms with Crippen molar-refractivity contribution in [3.05, 3.63) is 180 Å². The first-order valence-electron chi connectivity index (χ1n) is 15.1. The SMILES string of the molecule is N#Cc1ccc(-c2cnc(-c3ccc4c(c3)C3(c5ccccc5-c5ccccc5-4)c4ccccc4-c4ccccc43)nc2)cc1. The maximum absolute atomic E-state index is 9.18. The van der Waals surface area contributed by atoms with Gasteiger partial charge < -0.3 is 0 Å². The first kappa shape index (κ1) is 25.4. The molecule has 0 radical (unpaired) electrons. The van der Waals surface area contributed by atoms with E-state index < -0.39 is 5.41 Å². The van der Waals surface area contributed by atoms with Gasteiger partial charge in [-0.25, -0.2) is 9.97 Å². The summed E-state index contributed by atoms with van der Waals surface area (Å²) in [5.41, 5.74) is 15.5. The number of nitriles is 1. The molecule has 2 aliphatic rings. The van der Waals surface area contributed by atoms with Crippen LogP contribution in [0.25, 0.3) is 55.9 Å². The zero-order valence-electron chi connectivity index (χ0n) is 24.3. The number of hydrogen-bond donors (Lipinski definition) is 0. The number of nitrogens with zero attached hydrogens (tertiary/aromatic N) is 3. The van der Waals surface area contributed by atoms with Gasteiger partial charge in [-0.3, -0.25) is 0 Å². The molecule has 1 heterocycles. The molecule has 208 valence electrons. The molecule has 0 saturated carbocycles. The van der Waals surface area contributed by atoms with E-state index in [9.17, 15) is 5.26 Å². The van der Waals surface area contributed by atoms with Gasteiger partial charge in [0.05, 0.1) is 17.0 Å². The molecular formula is C42H25N3. The summed E-state index contributed by atoms with van der Waals surface area (Å²) in [4.78, 5) is 9.71. The van der Waals surface area contributed by atoms with E-state index >= 15 is 0 Å². The van der Waals surface area contributed by atoms with Gasteiger partial charge >= 0.3 is 0 Å². The molecule has 45 heavy (non-hydrogen) atoms. The van der Waals surface area contributed by atoms with Crippen LogP contribution in [0.2, 0.25) is 0 Å². The van der Waals surface area contributed by atoms with Gasteiger partial charge in [0.15, 0.2) is 5.82 Å². The van der Waals surface area contributed by atoms with Gasteiger partial charge in [0, 0.05) is 23.5 Å². The van der Waals surface area contributed by atoms with Crippen LogP contribution in [0.3, 0.4) is 0 Å². The minimum Gasteiger partial charge on any atom is -0.236 e. The van der Waals surface area contributed by atoms with Crippen LogP contribution < -0.4 is 0 Å². The molecule has 0 bridgehead atoms. The highest BCUT2D eigenvalue weighted by atomic mass is 14.9. The molecule has 6 aromatic carbocycles. The third-order valence-corrected chi connectivity index (χ3v) is 9.47. The average molecular weight is 572 g/mol. The minimum atomic E-state index is -0.531. The Morgan fingerprint density at radius 1 is 0.422 bits per heavy atom. The molecule has 7 aromatic rings. The second-order valence-electron chi connectivity index (χ2n) is 11.7. The van der Waals surface area contributed by atoms with Crippen LogP contribution >= 0.6 is 0 Å². The molecule has 3 nitrogen and oxygen atoms in total. The van der Waals surface area contributed by atoms with Crippen molar-refractivity contribution in [2.45, 2.75) is 5.41 Å². The number of benzene rings is 6. The molecule has 1 spiro atoms. The van der Waals surface area contributed by atoms with Crippen LogP contribution in [-0.2, 0) is 5.41 Å². The van der Waals surface area contributed by atoms with Crippen molar-refractivity contribution in [2.75, 3.05) is 0 Å². The summed E-state index contributed by atoms with van der Waals surface area (Å²) in [6.07, 6.45) is 3.74. The molecule has 3 heteroatoms. The number of rotatable bonds is 2. The zero-order chi connectivity index (χ0) is 30.0. The third-order valence-electron chi connectivity index (χ3n) is 9.47. The maximum atomic E-state index is 9.18. The minimum absolute atomic E-state index is 0.531. The van der Waals surface area contributed by atoms with E-state index in [1.54, 1.807) is 0 Å². The third kappa shape index (κ3) is 3.57. The summed E-state index contributed by atoms with van der Waals surface area (Å²) in [7, 11) is 0. The van der Waals surface area contributed by atoms with Crippen LogP contribution in [-0.4, -0.2) is 9.97 Å². The monoisotopic (exact) mass is 571 g/mol. The molecule has 2 aliphatic carbocycles.